The van der Waals surface area contributed by atoms with E-state index in [4.69, 9.17) is 31.5 Å². The number of piperidine rings is 1. The average molecular weight is 583 g/mol. The van der Waals surface area contributed by atoms with E-state index in [1.807, 2.05) is 31.2 Å². The Morgan fingerprint density at radius 2 is 2.05 bits per heavy atom. The topological polar surface area (TPSA) is 152 Å². The van der Waals surface area contributed by atoms with Crippen LogP contribution in [0, 0.1) is 0 Å². The second-order valence-electron chi connectivity index (χ2n) is 9.90. The molecule has 1 saturated heterocycles. The fraction of sp³-hybridized carbons (Fsp3) is 0.357. The summed E-state index contributed by atoms with van der Waals surface area (Å²) >= 11 is 6.16. The molecule has 5 rings (SSSR count). The number of rotatable bonds is 3. The molecule has 1 aromatic heterocycles. The van der Waals surface area contributed by atoms with Gasteiger partial charge in [0.05, 0.1) is 31.9 Å². The molecule has 2 atom stereocenters. The number of hydrogen-bond donors (Lipinski definition) is 3. The van der Waals surface area contributed by atoms with Gasteiger partial charge in [0.2, 0.25) is 5.91 Å². The number of nitrogens with two attached hydrogens (primary N) is 1. The van der Waals surface area contributed by atoms with Crippen LogP contribution in [0.25, 0.3) is 0 Å². The highest BCUT2D eigenvalue weighted by atomic mass is 35.5. The molecule has 0 unspecified atom stereocenters. The van der Waals surface area contributed by atoms with Gasteiger partial charge in [0, 0.05) is 31.8 Å². The van der Waals surface area contributed by atoms with Gasteiger partial charge in [0.1, 0.15) is 28.0 Å². The summed E-state index contributed by atoms with van der Waals surface area (Å²) in [7, 11) is 1.54. The van der Waals surface area contributed by atoms with Gasteiger partial charge in [-0.15, -0.1) is 0 Å². The van der Waals surface area contributed by atoms with E-state index in [0.717, 1.165) is 5.56 Å². The normalized spacial score (nSPS) is 19.7. The van der Waals surface area contributed by atoms with E-state index in [2.05, 4.69) is 15.5 Å². The first kappa shape index (κ1) is 28.2. The highest BCUT2D eigenvalue weighted by Gasteiger charge is 2.35. The molecular formula is C28H31ClN6O6. The van der Waals surface area contributed by atoms with Crippen LogP contribution in [0.4, 0.5) is 5.82 Å². The molecule has 2 aliphatic heterocycles. The largest absolute Gasteiger partial charge is 0.494 e. The van der Waals surface area contributed by atoms with Crippen LogP contribution in [0.1, 0.15) is 39.8 Å². The van der Waals surface area contributed by atoms with E-state index in [1.54, 1.807) is 23.1 Å². The number of ether oxygens (including phenoxy) is 3. The number of anilines is 1. The lowest BCUT2D eigenvalue weighted by atomic mass is 10.0. The quantitative estimate of drug-likeness (QED) is 0.426. The molecule has 2 aromatic carbocycles. The first-order chi connectivity index (χ1) is 19.7. The first-order valence-electron chi connectivity index (χ1n) is 13.2. The minimum Gasteiger partial charge on any atom is -0.494 e. The molecule has 0 radical (unpaired) electrons. The zero-order valence-corrected chi connectivity index (χ0v) is 23.4. The number of benzene rings is 2. The number of fused-ring (bicyclic) bond motifs is 5. The number of nitrogens with one attached hydrogen (secondary N) is 2. The number of H-pyrrole nitrogens is 1. The summed E-state index contributed by atoms with van der Waals surface area (Å²) in [5.41, 5.74) is 6.95. The summed E-state index contributed by atoms with van der Waals surface area (Å²) in [6.07, 6.45) is 0.0542. The van der Waals surface area contributed by atoms with Crippen LogP contribution >= 0.6 is 11.6 Å². The van der Waals surface area contributed by atoms with Crippen LogP contribution in [0.5, 0.6) is 17.2 Å². The number of aromatic nitrogens is 2. The average Bonchev–Trinajstić information content (AvgIpc) is 3.28. The molecule has 3 aromatic rings. The van der Waals surface area contributed by atoms with Gasteiger partial charge >= 0.3 is 0 Å². The van der Waals surface area contributed by atoms with E-state index in [1.165, 1.54) is 11.9 Å². The summed E-state index contributed by atoms with van der Waals surface area (Å²) in [4.78, 5) is 42.5. The summed E-state index contributed by atoms with van der Waals surface area (Å²) in [5, 5.41) is 9.40. The van der Waals surface area contributed by atoms with Crippen LogP contribution in [-0.2, 0) is 16.1 Å². The Morgan fingerprint density at radius 3 is 2.80 bits per heavy atom. The molecule has 13 heteroatoms. The van der Waals surface area contributed by atoms with Crippen molar-refractivity contribution in [2.75, 3.05) is 39.0 Å². The standard InChI is InChI=1S/C28H31ClN6O6/c1-3-39-19-10-17-11-20(12-19)41-18-6-4-5-16(9-18)15-40-22-7-8-35(28(38)25-24(29)26(30)33-32-25)13-21(22)31-23(36)14-34(2)27(17)37/h4-6,9-12,21-22H,3,7-8,13-15H2,1-2H3,(H,31,36)(H3,30,32,33)/t21-,22+/m0/s1. The number of likely N-dealkylation sites (tertiary alicyclic amines) is 1. The number of halogens is 1. The van der Waals surface area contributed by atoms with Crippen molar-refractivity contribution in [2.45, 2.75) is 32.1 Å². The Labute approximate surface area is 241 Å². The van der Waals surface area contributed by atoms with Crippen molar-refractivity contribution in [3.63, 3.8) is 0 Å². The van der Waals surface area contributed by atoms with Gasteiger partial charge in [-0.1, -0.05) is 23.7 Å². The Hall–Kier alpha value is -4.29. The third-order valence-electron chi connectivity index (χ3n) is 6.89. The molecule has 0 saturated carbocycles. The van der Waals surface area contributed by atoms with Crippen LogP contribution in [0.2, 0.25) is 5.02 Å². The minimum absolute atomic E-state index is 0.0316. The Bertz CT molecular complexity index is 1460. The van der Waals surface area contributed by atoms with Crippen LogP contribution in [-0.4, -0.2) is 83.2 Å². The zero-order valence-electron chi connectivity index (χ0n) is 22.7. The van der Waals surface area contributed by atoms with E-state index < -0.39 is 18.1 Å². The van der Waals surface area contributed by atoms with Crippen LogP contribution in [0.3, 0.4) is 0 Å². The van der Waals surface area contributed by atoms with Gasteiger partial charge in [-0.25, -0.2) is 0 Å². The fourth-order valence-corrected chi connectivity index (χ4v) is 5.06. The highest BCUT2D eigenvalue weighted by molar-refractivity contribution is 6.35. The molecule has 0 spiro atoms. The third kappa shape index (κ3) is 6.39. The van der Waals surface area contributed by atoms with Gasteiger partial charge in [0.25, 0.3) is 11.8 Å². The minimum atomic E-state index is -0.553. The Balaban J connectivity index is 1.43. The molecule has 3 amide bonds. The summed E-state index contributed by atoms with van der Waals surface area (Å²) < 4.78 is 18.0. The predicted molar refractivity (Wildman–Crippen MR) is 150 cm³/mol. The number of hydrogen-bond acceptors (Lipinski definition) is 8. The molecule has 12 nitrogen and oxygen atoms in total. The summed E-state index contributed by atoms with van der Waals surface area (Å²) in [5.74, 6) is 0.334. The maximum atomic E-state index is 13.3. The lowest BCUT2D eigenvalue weighted by Crippen LogP contribution is -2.58. The number of carbonyl (C=O) groups excluding carboxylic acids is 3. The van der Waals surface area contributed by atoms with E-state index >= 15 is 0 Å². The number of likely N-dealkylation sites (N-methyl/N-ethyl adjacent to an activating group) is 1. The highest BCUT2D eigenvalue weighted by Crippen LogP contribution is 2.30. The van der Waals surface area contributed by atoms with Gasteiger partial charge < -0.3 is 35.1 Å². The zero-order chi connectivity index (χ0) is 29.1. The molecular weight excluding hydrogens is 552 g/mol. The third-order valence-corrected chi connectivity index (χ3v) is 7.28. The second-order valence-corrected chi connectivity index (χ2v) is 10.3. The smallest absolute Gasteiger partial charge is 0.273 e. The van der Waals surface area contributed by atoms with E-state index in [-0.39, 0.29) is 48.0 Å². The van der Waals surface area contributed by atoms with Crippen molar-refractivity contribution in [1.29, 1.82) is 0 Å². The van der Waals surface area contributed by atoms with Gasteiger partial charge in [-0.05, 0) is 43.2 Å². The number of nitrogens with zero attached hydrogens (tertiary/aromatic N) is 3. The van der Waals surface area contributed by atoms with Crippen LogP contribution < -0.4 is 20.5 Å². The van der Waals surface area contributed by atoms with Crippen molar-refractivity contribution in [1.82, 2.24) is 25.3 Å². The van der Waals surface area contributed by atoms with Crippen molar-refractivity contribution >= 4 is 35.1 Å². The Morgan fingerprint density at radius 1 is 1.22 bits per heavy atom. The van der Waals surface area contributed by atoms with E-state index in [0.29, 0.717) is 42.4 Å². The molecule has 1 fully saturated rings. The van der Waals surface area contributed by atoms with Crippen molar-refractivity contribution < 1.29 is 28.6 Å². The molecule has 0 aliphatic carbocycles. The molecule has 2 aliphatic rings. The molecule has 4 bridgehead atoms. The lowest BCUT2D eigenvalue weighted by molar-refractivity contribution is -0.124. The van der Waals surface area contributed by atoms with E-state index in [9.17, 15) is 14.4 Å². The number of nitrogen functional groups attached to an aromatic ring is 1. The maximum Gasteiger partial charge on any atom is 0.273 e. The lowest BCUT2D eigenvalue weighted by Gasteiger charge is -2.38. The number of aromatic amines is 1. The van der Waals surface area contributed by atoms with Crippen LogP contribution in [0.15, 0.2) is 42.5 Å². The van der Waals surface area contributed by atoms with Crippen molar-refractivity contribution in [3.8, 4) is 17.2 Å². The SMILES string of the molecule is CCOc1cc2cc(c1)C(=O)N(C)CC(=O)N[C@H]1CN(C(=O)c3[nH]nc(N)c3Cl)CC[C@H]1OCc1cccc(c1)O2. The molecule has 41 heavy (non-hydrogen) atoms. The van der Waals surface area contributed by atoms with Crippen molar-refractivity contribution in [3.05, 3.63) is 64.3 Å². The fourth-order valence-electron chi connectivity index (χ4n) is 4.90. The maximum absolute atomic E-state index is 13.3. The number of amides is 3. The second kappa shape index (κ2) is 12.1. The van der Waals surface area contributed by atoms with Gasteiger partial charge in [0.15, 0.2) is 5.82 Å². The summed E-state index contributed by atoms with van der Waals surface area (Å²) in [6.45, 7) is 2.82. The predicted octanol–water partition coefficient (Wildman–Crippen LogP) is 2.84. The van der Waals surface area contributed by atoms with Gasteiger partial charge in [-0.2, -0.15) is 5.10 Å². The van der Waals surface area contributed by atoms with Gasteiger partial charge in [-0.3, -0.25) is 19.5 Å². The molecule has 4 N–H and O–H groups in total. The summed E-state index contributed by atoms with van der Waals surface area (Å²) in [6, 6.07) is 11.8. The number of carbonyl (C=O) groups is 3. The molecule has 3 heterocycles. The molecule has 216 valence electrons. The van der Waals surface area contributed by atoms with Crippen molar-refractivity contribution in [2.24, 2.45) is 0 Å². The monoisotopic (exact) mass is 582 g/mol. The Kier molecular flexibility index (Phi) is 8.31. The first-order valence-corrected chi connectivity index (χ1v) is 13.6.